The fraction of sp³-hybridized carbons (Fsp3) is 0.156. The second-order valence-corrected chi connectivity index (χ2v) is 20.4. The van der Waals surface area contributed by atoms with Crippen molar-refractivity contribution in [1.82, 2.24) is 9.13 Å². The maximum absolute atomic E-state index is 2.55. The molecule has 0 saturated heterocycles. The summed E-state index contributed by atoms with van der Waals surface area (Å²) in [7, 11) is 0. The lowest BCUT2D eigenvalue weighted by atomic mass is 9.73. The van der Waals surface area contributed by atoms with Gasteiger partial charge in [-0.2, -0.15) is 0 Å². The zero-order chi connectivity index (χ0) is 46.4. The standard InChI is InChI=1S/C64H54N4/c1-39-21-19-22-40(2)61(39)67-53-31-17-15-29-49(53)63(5,6)51-37-57-47(35-59(51)67)45-33-56-46(34-55(45)65(57)43-25-11-9-12-26-43)48-36-60-52(38-58(48)66(56)44-27-13-10-14-28-44)64(7,8)50-30-16-18-32-54(50)68(60)62-41(3)23-20-24-42(62)4/h9-38H,1-8H3. The fourth-order valence-corrected chi connectivity index (χ4v) is 12.4. The van der Waals surface area contributed by atoms with Crippen LogP contribution in [-0.4, -0.2) is 9.13 Å². The first-order valence-electron chi connectivity index (χ1n) is 24.1. The summed E-state index contributed by atoms with van der Waals surface area (Å²) < 4.78 is 5.05. The third-order valence-electron chi connectivity index (χ3n) is 15.7. The van der Waals surface area contributed by atoms with Crippen LogP contribution in [0.5, 0.6) is 0 Å². The Morgan fingerprint density at radius 3 is 1.00 bits per heavy atom. The van der Waals surface area contributed by atoms with Crippen LogP contribution in [0.25, 0.3) is 55.0 Å². The molecule has 0 atom stereocenters. The van der Waals surface area contributed by atoms with Crippen LogP contribution in [0.4, 0.5) is 34.1 Å². The van der Waals surface area contributed by atoms with Gasteiger partial charge in [-0.05, 0) is 145 Å². The molecule has 2 aromatic heterocycles. The Labute approximate surface area is 398 Å². The lowest BCUT2D eigenvalue weighted by Gasteiger charge is -2.43. The summed E-state index contributed by atoms with van der Waals surface area (Å²) in [6.07, 6.45) is 0. The molecule has 68 heavy (non-hydrogen) atoms. The molecular formula is C64H54N4. The predicted octanol–water partition coefficient (Wildman–Crippen LogP) is 17.3. The Morgan fingerprint density at radius 1 is 0.294 bits per heavy atom. The number of hydrogen-bond donors (Lipinski definition) is 0. The average Bonchev–Trinajstić information content (AvgIpc) is 3.83. The highest BCUT2D eigenvalue weighted by atomic mass is 15.2. The molecule has 13 rings (SSSR count). The SMILES string of the molecule is Cc1cccc(C)c1N1c2ccccc2C(C)(C)c2cc3c(cc21)c1cc2c(cc1n3-c1ccccc1)c1cc3c(cc1n2-c1ccccc1)C(C)(C)c1ccccc1N3c1c(C)cccc1C. The molecule has 2 aliphatic heterocycles. The molecule has 0 aliphatic carbocycles. The first kappa shape index (κ1) is 40.5. The smallest absolute Gasteiger partial charge is 0.0548 e. The average molecular weight is 879 g/mol. The van der Waals surface area contributed by atoms with Gasteiger partial charge in [0.05, 0.1) is 56.2 Å². The van der Waals surface area contributed by atoms with Crippen LogP contribution < -0.4 is 9.80 Å². The second kappa shape index (κ2) is 14.3. The summed E-state index contributed by atoms with van der Waals surface area (Å²) in [5.74, 6) is 0. The molecule has 0 radical (unpaired) electrons. The van der Waals surface area contributed by atoms with Gasteiger partial charge in [-0.3, -0.25) is 0 Å². The number of anilines is 6. The monoisotopic (exact) mass is 878 g/mol. The highest BCUT2D eigenvalue weighted by molar-refractivity contribution is 6.21. The number of nitrogens with zero attached hydrogens (tertiary/aromatic N) is 4. The van der Waals surface area contributed by atoms with Crippen molar-refractivity contribution < 1.29 is 0 Å². The van der Waals surface area contributed by atoms with E-state index in [-0.39, 0.29) is 10.8 Å². The van der Waals surface area contributed by atoms with Crippen LogP contribution in [0.2, 0.25) is 0 Å². The summed E-state index contributed by atoms with van der Waals surface area (Å²) in [6, 6.07) is 68.5. The van der Waals surface area contributed by atoms with Crippen molar-refractivity contribution in [2.45, 2.75) is 66.2 Å². The van der Waals surface area contributed by atoms with E-state index in [1.165, 1.54) is 122 Å². The molecule has 11 aromatic rings. The molecule has 0 N–H and O–H groups in total. The molecule has 0 fully saturated rings. The minimum absolute atomic E-state index is 0.261. The third-order valence-corrected chi connectivity index (χ3v) is 15.7. The summed E-state index contributed by atoms with van der Waals surface area (Å²) in [5.41, 5.74) is 24.3. The molecule has 2 aliphatic rings. The van der Waals surface area contributed by atoms with Gasteiger partial charge in [0.15, 0.2) is 0 Å². The topological polar surface area (TPSA) is 16.3 Å². The molecule has 330 valence electrons. The van der Waals surface area contributed by atoms with Gasteiger partial charge < -0.3 is 18.9 Å². The molecule has 0 unspecified atom stereocenters. The summed E-state index contributed by atoms with van der Waals surface area (Å²) in [6.45, 7) is 18.6. The zero-order valence-electron chi connectivity index (χ0n) is 40.1. The normalized spacial score (nSPS) is 14.6. The molecule has 0 saturated carbocycles. The number of benzene rings is 9. The van der Waals surface area contributed by atoms with Crippen LogP contribution in [0.15, 0.2) is 182 Å². The van der Waals surface area contributed by atoms with Crippen LogP contribution in [0, 0.1) is 27.7 Å². The van der Waals surface area contributed by atoms with E-state index in [1.54, 1.807) is 0 Å². The van der Waals surface area contributed by atoms with Crippen molar-refractivity contribution in [3.05, 3.63) is 226 Å². The first-order chi connectivity index (χ1) is 32.9. The molecule has 0 amide bonds. The second-order valence-electron chi connectivity index (χ2n) is 20.4. The molecule has 9 aromatic carbocycles. The van der Waals surface area contributed by atoms with E-state index in [4.69, 9.17) is 0 Å². The molecule has 4 heterocycles. The van der Waals surface area contributed by atoms with E-state index in [0.29, 0.717) is 0 Å². The molecule has 4 heteroatoms. The Bertz CT molecular complexity index is 3600. The van der Waals surface area contributed by atoms with E-state index in [1.807, 2.05) is 0 Å². The van der Waals surface area contributed by atoms with Gasteiger partial charge in [0.1, 0.15) is 0 Å². The number of fused-ring (bicyclic) bond motifs is 10. The van der Waals surface area contributed by atoms with Crippen molar-refractivity contribution in [2.75, 3.05) is 9.80 Å². The van der Waals surface area contributed by atoms with Crippen molar-refractivity contribution in [2.24, 2.45) is 0 Å². The first-order valence-corrected chi connectivity index (χ1v) is 24.1. The van der Waals surface area contributed by atoms with Crippen molar-refractivity contribution in [3.8, 4) is 11.4 Å². The van der Waals surface area contributed by atoms with E-state index in [9.17, 15) is 0 Å². The van der Waals surface area contributed by atoms with Crippen LogP contribution in [0.3, 0.4) is 0 Å². The van der Waals surface area contributed by atoms with Gasteiger partial charge in [-0.25, -0.2) is 0 Å². The molecule has 4 nitrogen and oxygen atoms in total. The Morgan fingerprint density at radius 2 is 0.618 bits per heavy atom. The number of aromatic nitrogens is 2. The Balaban J connectivity index is 1.18. The van der Waals surface area contributed by atoms with Gasteiger partial charge in [-0.1, -0.05) is 137 Å². The number of rotatable bonds is 4. The van der Waals surface area contributed by atoms with Gasteiger partial charge in [0.25, 0.3) is 0 Å². The fourth-order valence-electron chi connectivity index (χ4n) is 12.4. The number of aryl methyl sites for hydroxylation is 4. The summed E-state index contributed by atoms with van der Waals surface area (Å²) in [4.78, 5) is 5.11. The quantitative estimate of drug-likeness (QED) is 0.175. The number of para-hydroxylation sites is 6. The van der Waals surface area contributed by atoms with Crippen LogP contribution >= 0.6 is 0 Å². The van der Waals surface area contributed by atoms with E-state index in [2.05, 4.69) is 256 Å². The van der Waals surface area contributed by atoms with Gasteiger partial charge in [0, 0.05) is 43.7 Å². The number of hydrogen-bond acceptors (Lipinski definition) is 2. The minimum atomic E-state index is -0.261. The van der Waals surface area contributed by atoms with Crippen molar-refractivity contribution in [3.63, 3.8) is 0 Å². The van der Waals surface area contributed by atoms with Crippen LogP contribution in [0.1, 0.15) is 72.2 Å². The molecule has 0 spiro atoms. The lowest BCUT2D eigenvalue weighted by Crippen LogP contribution is -2.31. The lowest BCUT2D eigenvalue weighted by molar-refractivity contribution is 0.632. The van der Waals surface area contributed by atoms with Gasteiger partial charge >= 0.3 is 0 Å². The Kier molecular flexibility index (Phi) is 8.53. The maximum atomic E-state index is 2.55. The highest BCUT2D eigenvalue weighted by Crippen LogP contribution is 2.57. The van der Waals surface area contributed by atoms with Crippen molar-refractivity contribution in [1.29, 1.82) is 0 Å². The maximum Gasteiger partial charge on any atom is 0.0548 e. The van der Waals surface area contributed by atoms with E-state index < -0.39 is 0 Å². The molecular weight excluding hydrogens is 825 g/mol. The van der Waals surface area contributed by atoms with E-state index >= 15 is 0 Å². The van der Waals surface area contributed by atoms with Crippen LogP contribution in [-0.2, 0) is 10.8 Å². The summed E-state index contributed by atoms with van der Waals surface area (Å²) in [5, 5.41) is 4.93. The summed E-state index contributed by atoms with van der Waals surface area (Å²) >= 11 is 0. The third kappa shape index (κ3) is 5.49. The van der Waals surface area contributed by atoms with Gasteiger partial charge in [-0.15, -0.1) is 0 Å². The van der Waals surface area contributed by atoms with Gasteiger partial charge in [0.2, 0.25) is 0 Å². The molecule has 0 bridgehead atoms. The minimum Gasteiger partial charge on any atom is -0.309 e. The zero-order valence-corrected chi connectivity index (χ0v) is 40.1. The van der Waals surface area contributed by atoms with Crippen molar-refractivity contribution >= 4 is 77.7 Å². The van der Waals surface area contributed by atoms with E-state index in [0.717, 1.165) is 11.4 Å². The largest absolute Gasteiger partial charge is 0.309 e. The Hall–Kier alpha value is -7.82. The highest BCUT2D eigenvalue weighted by Gasteiger charge is 2.40. The predicted molar refractivity (Wildman–Crippen MR) is 288 cm³/mol.